The first-order valence-corrected chi connectivity index (χ1v) is 9.78. The highest BCUT2D eigenvalue weighted by molar-refractivity contribution is 5.85. The predicted octanol–water partition coefficient (Wildman–Crippen LogP) is 2.49. The summed E-state index contributed by atoms with van der Waals surface area (Å²) in [6.07, 6.45) is 15.7. The lowest BCUT2D eigenvalue weighted by Crippen LogP contribution is -2.59. The van der Waals surface area contributed by atoms with Gasteiger partial charge in [-0.2, -0.15) is 0 Å². The van der Waals surface area contributed by atoms with Gasteiger partial charge in [-0.1, -0.05) is 19.3 Å². The Hall–Kier alpha value is -1.36. The van der Waals surface area contributed by atoms with E-state index in [4.69, 9.17) is 0 Å². The van der Waals surface area contributed by atoms with Crippen molar-refractivity contribution in [1.82, 2.24) is 19.4 Å². The number of likely N-dealkylation sites (tertiary alicyclic amines) is 2. The first-order valence-electron chi connectivity index (χ1n) is 9.78. The first kappa shape index (κ1) is 16.1. The van der Waals surface area contributed by atoms with Gasteiger partial charge in [-0.3, -0.25) is 4.79 Å². The van der Waals surface area contributed by atoms with Gasteiger partial charge in [0.15, 0.2) is 0 Å². The maximum Gasteiger partial charge on any atom is 0.248 e. The van der Waals surface area contributed by atoms with Crippen LogP contribution in [0, 0.1) is 5.92 Å². The average Bonchev–Trinajstić information content (AvgIpc) is 3.10. The minimum absolute atomic E-state index is 0.323. The van der Waals surface area contributed by atoms with Crippen LogP contribution in [0.3, 0.4) is 0 Å². The molecule has 0 spiro atoms. The SMILES string of the molecule is O=C(N1CCC1)C1(n2ccnc2)CCN(CC2CCCCC2)CC1. The summed E-state index contributed by atoms with van der Waals surface area (Å²) in [7, 11) is 0. The minimum atomic E-state index is -0.389. The summed E-state index contributed by atoms with van der Waals surface area (Å²) in [5.74, 6) is 1.20. The van der Waals surface area contributed by atoms with Gasteiger partial charge in [-0.25, -0.2) is 4.98 Å². The van der Waals surface area contributed by atoms with Crippen LogP contribution in [0.4, 0.5) is 0 Å². The number of imidazole rings is 1. The Morgan fingerprint density at radius 2 is 1.79 bits per heavy atom. The van der Waals surface area contributed by atoms with Gasteiger partial charge in [-0.15, -0.1) is 0 Å². The molecule has 0 bridgehead atoms. The van der Waals surface area contributed by atoms with Crippen molar-refractivity contribution in [2.24, 2.45) is 5.92 Å². The highest BCUT2D eigenvalue weighted by Gasteiger charge is 2.46. The van der Waals surface area contributed by atoms with Gasteiger partial charge in [0.05, 0.1) is 6.33 Å². The number of hydrogen-bond acceptors (Lipinski definition) is 3. The van der Waals surface area contributed by atoms with E-state index in [-0.39, 0.29) is 5.54 Å². The summed E-state index contributed by atoms with van der Waals surface area (Å²) in [4.78, 5) is 22.0. The lowest BCUT2D eigenvalue weighted by molar-refractivity contribution is -0.147. The van der Waals surface area contributed by atoms with Crippen molar-refractivity contribution in [3.05, 3.63) is 18.7 Å². The second kappa shape index (κ2) is 6.87. The number of rotatable bonds is 4. The zero-order valence-electron chi connectivity index (χ0n) is 14.7. The number of piperidine rings is 1. The molecule has 5 heteroatoms. The van der Waals surface area contributed by atoms with E-state index in [2.05, 4.69) is 14.5 Å². The molecule has 3 aliphatic rings. The van der Waals surface area contributed by atoms with Gasteiger partial charge < -0.3 is 14.4 Å². The second-order valence-corrected chi connectivity index (χ2v) is 7.95. The topological polar surface area (TPSA) is 41.4 Å². The van der Waals surface area contributed by atoms with Gasteiger partial charge in [-0.05, 0) is 38.0 Å². The molecule has 1 aromatic heterocycles. The van der Waals surface area contributed by atoms with Gasteiger partial charge in [0.1, 0.15) is 5.54 Å². The fourth-order valence-corrected chi connectivity index (χ4v) is 4.75. The van der Waals surface area contributed by atoms with E-state index >= 15 is 0 Å². The third kappa shape index (κ3) is 2.99. The standard InChI is InChI=1S/C19H30N4O/c24-18(22-10-4-11-22)19(23-14-9-20-16-23)7-12-21(13-8-19)15-17-5-2-1-3-6-17/h9,14,16-17H,1-8,10-13,15H2. The average molecular weight is 330 g/mol. The number of amides is 1. The summed E-state index contributed by atoms with van der Waals surface area (Å²) in [5, 5.41) is 0. The first-order chi connectivity index (χ1) is 11.8. The molecule has 0 aromatic carbocycles. The molecule has 0 atom stereocenters. The van der Waals surface area contributed by atoms with Crippen molar-refractivity contribution in [3.63, 3.8) is 0 Å². The van der Waals surface area contributed by atoms with Crippen LogP contribution in [-0.4, -0.2) is 58.0 Å². The molecule has 1 aliphatic carbocycles. The van der Waals surface area contributed by atoms with E-state index in [0.717, 1.165) is 51.4 Å². The van der Waals surface area contributed by atoms with Gasteiger partial charge in [0.25, 0.3) is 0 Å². The van der Waals surface area contributed by atoms with E-state index in [1.807, 2.05) is 17.4 Å². The second-order valence-electron chi connectivity index (χ2n) is 7.95. The molecule has 3 heterocycles. The van der Waals surface area contributed by atoms with Crippen LogP contribution in [0.2, 0.25) is 0 Å². The predicted molar refractivity (Wildman–Crippen MR) is 93.6 cm³/mol. The lowest BCUT2D eigenvalue weighted by atomic mass is 9.83. The van der Waals surface area contributed by atoms with Crippen LogP contribution >= 0.6 is 0 Å². The third-order valence-electron chi connectivity index (χ3n) is 6.46. The summed E-state index contributed by atoms with van der Waals surface area (Å²) in [5.41, 5.74) is -0.389. The molecule has 3 fully saturated rings. The fourth-order valence-electron chi connectivity index (χ4n) is 4.75. The Kier molecular flexibility index (Phi) is 4.61. The van der Waals surface area contributed by atoms with Gasteiger partial charge in [0, 0.05) is 45.1 Å². The summed E-state index contributed by atoms with van der Waals surface area (Å²) >= 11 is 0. The smallest absolute Gasteiger partial charge is 0.248 e. The zero-order valence-corrected chi connectivity index (χ0v) is 14.7. The monoisotopic (exact) mass is 330 g/mol. The lowest BCUT2D eigenvalue weighted by Gasteiger charge is -2.46. The van der Waals surface area contributed by atoms with Crippen LogP contribution in [0.15, 0.2) is 18.7 Å². The molecule has 4 rings (SSSR count). The molecule has 0 radical (unpaired) electrons. The van der Waals surface area contributed by atoms with E-state index in [9.17, 15) is 4.79 Å². The van der Waals surface area contributed by atoms with Crippen molar-refractivity contribution in [2.75, 3.05) is 32.7 Å². The van der Waals surface area contributed by atoms with Crippen LogP contribution in [0.5, 0.6) is 0 Å². The van der Waals surface area contributed by atoms with Gasteiger partial charge in [0.2, 0.25) is 5.91 Å². The number of carbonyl (C=O) groups excluding carboxylic acids is 1. The summed E-state index contributed by atoms with van der Waals surface area (Å²) in [6, 6.07) is 0. The normalized spacial score (nSPS) is 25.4. The van der Waals surface area contributed by atoms with Crippen LogP contribution in [0.1, 0.15) is 51.4 Å². The molecule has 1 aromatic rings. The van der Waals surface area contributed by atoms with Crippen LogP contribution < -0.4 is 0 Å². The van der Waals surface area contributed by atoms with Crippen molar-refractivity contribution < 1.29 is 4.79 Å². The molecule has 1 amide bonds. The van der Waals surface area contributed by atoms with Crippen LogP contribution in [0.25, 0.3) is 0 Å². The summed E-state index contributed by atoms with van der Waals surface area (Å²) < 4.78 is 2.09. The maximum atomic E-state index is 13.2. The molecule has 1 saturated carbocycles. The largest absolute Gasteiger partial charge is 0.341 e. The molecule has 132 valence electrons. The molecule has 0 N–H and O–H groups in total. The number of carbonyl (C=O) groups is 1. The molecular formula is C19H30N4O. The Labute approximate surface area is 145 Å². The fraction of sp³-hybridized carbons (Fsp3) is 0.789. The molecular weight excluding hydrogens is 300 g/mol. The Morgan fingerprint density at radius 3 is 2.38 bits per heavy atom. The third-order valence-corrected chi connectivity index (χ3v) is 6.46. The molecule has 0 unspecified atom stereocenters. The van der Waals surface area contributed by atoms with E-state index in [0.29, 0.717) is 5.91 Å². The molecule has 2 saturated heterocycles. The molecule has 5 nitrogen and oxygen atoms in total. The van der Waals surface area contributed by atoms with E-state index < -0.39 is 0 Å². The van der Waals surface area contributed by atoms with Gasteiger partial charge >= 0.3 is 0 Å². The maximum absolute atomic E-state index is 13.2. The van der Waals surface area contributed by atoms with Crippen molar-refractivity contribution >= 4 is 5.91 Å². The number of nitrogens with zero attached hydrogens (tertiary/aromatic N) is 4. The Balaban J connectivity index is 1.43. The number of hydrogen-bond donors (Lipinski definition) is 0. The van der Waals surface area contributed by atoms with Crippen LogP contribution in [-0.2, 0) is 10.3 Å². The zero-order chi connectivity index (χ0) is 16.4. The van der Waals surface area contributed by atoms with E-state index in [1.165, 1.54) is 38.6 Å². The highest BCUT2D eigenvalue weighted by Crippen LogP contribution is 2.35. The van der Waals surface area contributed by atoms with Crippen molar-refractivity contribution in [1.29, 1.82) is 0 Å². The highest BCUT2D eigenvalue weighted by atomic mass is 16.2. The van der Waals surface area contributed by atoms with Crippen molar-refractivity contribution in [2.45, 2.75) is 56.9 Å². The van der Waals surface area contributed by atoms with E-state index in [1.54, 1.807) is 6.20 Å². The Bertz CT molecular complexity index is 538. The minimum Gasteiger partial charge on any atom is -0.341 e. The quantitative estimate of drug-likeness (QED) is 0.852. The number of aromatic nitrogens is 2. The van der Waals surface area contributed by atoms with Crippen molar-refractivity contribution in [3.8, 4) is 0 Å². The molecule has 24 heavy (non-hydrogen) atoms. The molecule has 2 aliphatic heterocycles. The Morgan fingerprint density at radius 1 is 1.04 bits per heavy atom. The summed E-state index contributed by atoms with van der Waals surface area (Å²) in [6.45, 7) is 5.17.